The molecule has 55 heavy (non-hydrogen) atoms. The van der Waals surface area contributed by atoms with Crippen molar-refractivity contribution in [2.24, 2.45) is 0 Å². The average Bonchev–Trinajstić information content (AvgIpc) is 3.11. The molecule has 0 aliphatic carbocycles. The van der Waals surface area contributed by atoms with Crippen LogP contribution in [-0.2, 0) is 21.7 Å². The average molecular weight is 728 g/mol. The zero-order chi connectivity index (χ0) is 39.9. The second kappa shape index (κ2) is 14.8. The maximum Gasteiger partial charge on any atom is 0.0488 e. The highest BCUT2D eigenvalue weighted by atomic mass is 15.2. The molecule has 1 aromatic heterocycles. The predicted molar refractivity (Wildman–Crippen MR) is 239 cm³/mol. The van der Waals surface area contributed by atoms with Crippen LogP contribution in [0.5, 0.6) is 0 Å². The summed E-state index contributed by atoms with van der Waals surface area (Å²) in [5.41, 5.74) is 15.2. The third kappa shape index (κ3) is 9.05. The summed E-state index contributed by atoms with van der Waals surface area (Å²) in [5.74, 6) is 0. The molecule has 1 heterocycles. The van der Waals surface area contributed by atoms with Crippen LogP contribution >= 0.6 is 0 Å². The standard InChI is InChI=1S/C52H61N3/c1-36-14-15-37(35-53-36)38-32-47(54(43-24-16-39(17-25-43)49(2,3)4)44-26-18-40(19-27-44)50(5,6)7)34-48(33-38)55(45-28-20-41(21-29-45)51(8,9)10)46-30-22-42(23-31-46)52(11,12)13/h14-35H,1-13H3. The van der Waals surface area contributed by atoms with Crippen molar-refractivity contribution in [1.29, 1.82) is 0 Å². The van der Waals surface area contributed by atoms with Gasteiger partial charge in [-0.05, 0) is 129 Å². The molecule has 5 aromatic carbocycles. The first-order valence-electron chi connectivity index (χ1n) is 19.8. The highest BCUT2D eigenvalue weighted by Gasteiger charge is 2.23. The Kier molecular flexibility index (Phi) is 10.7. The van der Waals surface area contributed by atoms with Crippen LogP contribution in [0.3, 0.4) is 0 Å². The quantitative estimate of drug-likeness (QED) is 0.163. The van der Waals surface area contributed by atoms with Crippen LogP contribution in [0, 0.1) is 6.92 Å². The molecule has 0 N–H and O–H groups in total. The van der Waals surface area contributed by atoms with Crippen LogP contribution < -0.4 is 9.80 Å². The Bertz CT molecular complexity index is 1950. The maximum atomic E-state index is 4.74. The number of anilines is 6. The van der Waals surface area contributed by atoms with E-state index in [1.807, 2.05) is 13.1 Å². The number of rotatable bonds is 7. The number of aryl methyl sites for hydroxylation is 1. The van der Waals surface area contributed by atoms with E-state index in [1.54, 1.807) is 0 Å². The molecule has 0 fully saturated rings. The van der Waals surface area contributed by atoms with E-state index in [1.165, 1.54) is 22.3 Å². The fourth-order valence-corrected chi connectivity index (χ4v) is 7.00. The summed E-state index contributed by atoms with van der Waals surface area (Å²) in [4.78, 5) is 9.54. The van der Waals surface area contributed by atoms with Crippen molar-refractivity contribution in [3.63, 3.8) is 0 Å². The smallest absolute Gasteiger partial charge is 0.0488 e. The van der Waals surface area contributed by atoms with Gasteiger partial charge < -0.3 is 9.80 Å². The lowest BCUT2D eigenvalue weighted by Crippen LogP contribution is -2.16. The molecule has 0 radical (unpaired) electrons. The monoisotopic (exact) mass is 727 g/mol. The molecule has 0 aliphatic heterocycles. The fraction of sp³-hybridized carbons (Fsp3) is 0.327. The Morgan fingerprint density at radius 3 is 0.855 bits per heavy atom. The Hall–Kier alpha value is -5.15. The summed E-state index contributed by atoms with van der Waals surface area (Å²) in [6.45, 7) is 29.3. The zero-order valence-corrected chi connectivity index (χ0v) is 35.5. The third-order valence-corrected chi connectivity index (χ3v) is 10.6. The van der Waals surface area contributed by atoms with Crippen LogP contribution in [0.2, 0.25) is 0 Å². The summed E-state index contributed by atoms with van der Waals surface area (Å²) < 4.78 is 0. The Balaban J connectivity index is 1.62. The summed E-state index contributed by atoms with van der Waals surface area (Å²) in [6, 6.07) is 47.6. The van der Waals surface area contributed by atoms with Gasteiger partial charge in [0.1, 0.15) is 0 Å². The lowest BCUT2D eigenvalue weighted by atomic mass is 9.86. The summed E-state index contributed by atoms with van der Waals surface area (Å²) in [6.07, 6.45) is 2.00. The predicted octanol–water partition coefficient (Wildman–Crippen LogP) is 15.2. The first-order chi connectivity index (χ1) is 25.7. The number of benzene rings is 5. The minimum absolute atomic E-state index is 0.0504. The van der Waals surface area contributed by atoms with Crippen LogP contribution in [-0.4, -0.2) is 4.98 Å². The number of pyridine rings is 1. The van der Waals surface area contributed by atoms with Crippen molar-refractivity contribution in [3.05, 3.63) is 162 Å². The summed E-state index contributed by atoms with van der Waals surface area (Å²) in [7, 11) is 0. The van der Waals surface area contributed by atoms with Crippen LogP contribution in [0.15, 0.2) is 134 Å². The van der Waals surface area contributed by atoms with Crippen LogP contribution in [0.1, 0.15) is 111 Å². The Morgan fingerprint density at radius 1 is 0.327 bits per heavy atom. The molecule has 0 unspecified atom stereocenters. The normalized spacial score (nSPS) is 12.5. The van der Waals surface area contributed by atoms with Gasteiger partial charge in [0.2, 0.25) is 0 Å². The molecule has 3 nitrogen and oxygen atoms in total. The molecule has 0 atom stereocenters. The van der Waals surface area contributed by atoms with E-state index < -0.39 is 0 Å². The van der Waals surface area contributed by atoms with E-state index in [4.69, 9.17) is 4.98 Å². The molecule has 6 aromatic rings. The van der Waals surface area contributed by atoms with Gasteiger partial charge in [0.05, 0.1) is 0 Å². The molecule has 0 bridgehead atoms. The van der Waals surface area contributed by atoms with Gasteiger partial charge in [0, 0.05) is 51.6 Å². The molecule has 284 valence electrons. The van der Waals surface area contributed by atoms with Crippen molar-refractivity contribution >= 4 is 34.1 Å². The van der Waals surface area contributed by atoms with Gasteiger partial charge in [-0.1, -0.05) is 138 Å². The van der Waals surface area contributed by atoms with Gasteiger partial charge in [-0.2, -0.15) is 0 Å². The van der Waals surface area contributed by atoms with Crippen LogP contribution in [0.4, 0.5) is 34.1 Å². The zero-order valence-electron chi connectivity index (χ0n) is 35.5. The molecule has 0 spiro atoms. The Labute approximate surface area is 332 Å². The molecule has 6 rings (SSSR count). The first kappa shape index (κ1) is 39.5. The highest BCUT2D eigenvalue weighted by molar-refractivity contribution is 5.87. The van der Waals surface area contributed by atoms with Crippen molar-refractivity contribution in [2.75, 3.05) is 9.80 Å². The molecular formula is C52H61N3. The van der Waals surface area contributed by atoms with Gasteiger partial charge in [-0.25, -0.2) is 0 Å². The van der Waals surface area contributed by atoms with Crippen molar-refractivity contribution in [3.8, 4) is 11.1 Å². The minimum Gasteiger partial charge on any atom is -0.310 e. The van der Waals surface area contributed by atoms with E-state index in [0.29, 0.717) is 0 Å². The van der Waals surface area contributed by atoms with Crippen LogP contribution in [0.25, 0.3) is 11.1 Å². The van der Waals surface area contributed by atoms with Gasteiger partial charge in [0.15, 0.2) is 0 Å². The Morgan fingerprint density at radius 2 is 0.618 bits per heavy atom. The molecule has 3 heteroatoms. The second-order valence-corrected chi connectivity index (χ2v) is 19.3. The van der Waals surface area contributed by atoms with Crippen molar-refractivity contribution < 1.29 is 0 Å². The van der Waals surface area contributed by atoms with E-state index in [9.17, 15) is 0 Å². The first-order valence-corrected chi connectivity index (χ1v) is 19.8. The third-order valence-electron chi connectivity index (χ3n) is 10.6. The molecule has 0 saturated heterocycles. The maximum absolute atomic E-state index is 4.74. The molecule has 0 saturated carbocycles. The lowest BCUT2D eigenvalue weighted by molar-refractivity contribution is 0.590. The summed E-state index contributed by atoms with van der Waals surface area (Å²) >= 11 is 0. The molecule has 0 aliphatic rings. The number of aromatic nitrogens is 1. The SMILES string of the molecule is Cc1ccc(-c2cc(N(c3ccc(C(C)(C)C)cc3)c3ccc(C(C)(C)C)cc3)cc(N(c3ccc(C(C)(C)C)cc3)c3ccc(C(C)(C)C)cc3)c2)cn1. The fourth-order valence-electron chi connectivity index (χ4n) is 7.00. The van der Waals surface area contributed by atoms with Gasteiger partial charge in [-0.15, -0.1) is 0 Å². The minimum atomic E-state index is 0.0504. The van der Waals surface area contributed by atoms with E-state index in [-0.39, 0.29) is 21.7 Å². The second-order valence-electron chi connectivity index (χ2n) is 19.3. The highest BCUT2D eigenvalue weighted by Crippen LogP contribution is 2.44. The van der Waals surface area contributed by atoms with E-state index in [0.717, 1.165) is 50.9 Å². The van der Waals surface area contributed by atoms with E-state index in [2.05, 4.69) is 220 Å². The van der Waals surface area contributed by atoms with Gasteiger partial charge in [0.25, 0.3) is 0 Å². The van der Waals surface area contributed by atoms with E-state index >= 15 is 0 Å². The largest absolute Gasteiger partial charge is 0.310 e. The van der Waals surface area contributed by atoms with Crippen molar-refractivity contribution in [2.45, 2.75) is 112 Å². The topological polar surface area (TPSA) is 19.4 Å². The molecule has 0 amide bonds. The number of hydrogen-bond donors (Lipinski definition) is 0. The number of hydrogen-bond acceptors (Lipinski definition) is 3. The number of nitrogens with zero attached hydrogens (tertiary/aromatic N) is 3. The van der Waals surface area contributed by atoms with Gasteiger partial charge in [-0.3, -0.25) is 4.98 Å². The van der Waals surface area contributed by atoms with Gasteiger partial charge >= 0.3 is 0 Å². The lowest BCUT2D eigenvalue weighted by Gasteiger charge is -2.31. The summed E-state index contributed by atoms with van der Waals surface area (Å²) in [5, 5.41) is 0. The van der Waals surface area contributed by atoms with Crippen molar-refractivity contribution in [1.82, 2.24) is 4.98 Å². The molecular weight excluding hydrogens is 667 g/mol.